The monoisotopic (exact) mass is 251 g/mol. The Bertz CT molecular complexity index is 556. The lowest BCUT2D eigenvalue weighted by Gasteiger charge is -2.19. The second kappa shape index (κ2) is 4.40. The van der Waals surface area contributed by atoms with Crippen molar-refractivity contribution in [1.29, 1.82) is 0 Å². The molecule has 0 aliphatic heterocycles. The molecule has 18 heavy (non-hydrogen) atoms. The van der Waals surface area contributed by atoms with Gasteiger partial charge >= 0.3 is 0 Å². The summed E-state index contributed by atoms with van der Waals surface area (Å²) >= 11 is 0. The van der Waals surface area contributed by atoms with E-state index in [2.05, 4.69) is 15.5 Å². The predicted molar refractivity (Wildman–Crippen MR) is 67.3 cm³/mol. The highest BCUT2D eigenvalue weighted by Gasteiger charge is 2.14. The van der Waals surface area contributed by atoms with Gasteiger partial charge in [-0.15, -0.1) is 0 Å². The average molecular weight is 251 g/mol. The first-order valence-corrected chi connectivity index (χ1v) is 5.64. The first-order valence-electron chi connectivity index (χ1n) is 5.64. The number of nitrogens with zero attached hydrogens (tertiary/aromatic N) is 1. The Hall–Kier alpha value is -1.91. The van der Waals surface area contributed by atoms with E-state index < -0.39 is 11.6 Å². The molecule has 0 aliphatic carbocycles. The Morgan fingerprint density at radius 3 is 2.56 bits per heavy atom. The smallest absolute Gasteiger partial charge is 0.148 e. The number of hydrogen-bond acceptors (Lipinski definition) is 2. The van der Waals surface area contributed by atoms with Crippen molar-refractivity contribution in [3.8, 4) is 11.3 Å². The van der Waals surface area contributed by atoms with Crippen LogP contribution in [0.1, 0.15) is 20.8 Å². The van der Waals surface area contributed by atoms with Crippen LogP contribution in [0.2, 0.25) is 0 Å². The van der Waals surface area contributed by atoms with Gasteiger partial charge in [0.1, 0.15) is 17.5 Å². The minimum Gasteiger partial charge on any atom is -0.364 e. The molecular weight excluding hydrogens is 236 g/mol. The van der Waals surface area contributed by atoms with Crippen LogP contribution in [0.4, 0.5) is 14.6 Å². The molecule has 2 rings (SSSR count). The second-order valence-electron chi connectivity index (χ2n) is 5.17. The van der Waals surface area contributed by atoms with Crippen molar-refractivity contribution in [2.45, 2.75) is 26.3 Å². The topological polar surface area (TPSA) is 40.7 Å². The zero-order valence-electron chi connectivity index (χ0n) is 10.5. The van der Waals surface area contributed by atoms with E-state index in [4.69, 9.17) is 0 Å². The van der Waals surface area contributed by atoms with Crippen LogP contribution in [-0.4, -0.2) is 15.7 Å². The summed E-state index contributed by atoms with van der Waals surface area (Å²) in [5, 5.41) is 9.86. The highest BCUT2D eigenvalue weighted by atomic mass is 19.1. The van der Waals surface area contributed by atoms with Gasteiger partial charge in [-0.25, -0.2) is 8.78 Å². The third-order valence-corrected chi connectivity index (χ3v) is 2.30. The number of benzene rings is 1. The number of rotatable bonds is 2. The number of H-pyrrole nitrogens is 1. The van der Waals surface area contributed by atoms with Crippen LogP contribution in [0.15, 0.2) is 24.3 Å². The second-order valence-corrected chi connectivity index (χ2v) is 5.17. The fourth-order valence-corrected chi connectivity index (χ4v) is 1.61. The number of halogens is 2. The quantitative estimate of drug-likeness (QED) is 0.856. The Kier molecular flexibility index (Phi) is 3.07. The van der Waals surface area contributed by atoms with Crippen LogP contribution < -0.4 is 5.32 Å². The lowest BCUT2D eigenvalue weighted by Crippen LogP contribution is -2.26. The van der Waals surface area contributed by atoms with Gasteiger partial charge in [0, 0.05) is 17.2 Å². The molecule has 0 amide bonds. The number of nitrogens with one attached hydrogen (secondary N) is 2. The molecule has 1 aromatic heterocycles. The molecular formula is C13H15F2N3. The van der Waals surface area contributed by atoms with Gasteiger partial charge in [0.25, 0.3) is 0 Å². The van der Waals surface area contributed by atoms with Gasteiger partial charge in [0.15, 0.2) is 0 Å². The van der Waals surface area contributed by atoms with Crippen LogP contribution >= 0.6 is 0 Å². The summed E-state index contributed by atoms with van der Waals surface area (Å²) in [6.07, 6.45) is 0. The Morgan fingerprint density at radius 2 is 1.89 bits per heavy atom. The maximum Gasteiger partial charge on any atom is 0.148 e. The number of aromatic amines is 1. The van der Waals surface area contributed by atoms with Gasteiger partial charge in [-0.2, -0.15) is 5.10 Å². The maximum absolute atomic E-state index is 13.6. The van der Waals surface area contributed by atoms with Crippen LogP contribution in [0.25, 0.3) is 11.3 Å². The first kappa shape index (κ1) is 12.5. The molecule has 96 valence electrons. The molecule has 2 N–H and O–H groups in total. The van der Waals surface area contributed by atoms with E-state index in [1.165, 1.54) is 0 Å². The molecule has 2 aromatic rings. The van der Waals surface area contributed by atoms with Gasteiger partial charge < -0.3 is 5.32 Å². The van der Waals surface area contributed by atoms with Crippen molar-refractivity contribution in [2.75, 3.05) is 5.32 Å². The van der Waals surface area contributed by atoms with Crippen molar-refractivity contribution in [3.63, 3.8) is 0 Å². The predicted octanol–water partition coefficient (Wildman–Crippen LogP) is 3.57. The van der Waals surface area contributed by atoms with Gasteiger partial charge in [-0.3, -0.25) is 5.10 Å². The minimum absolute atomic E-state index is 0.146. The van der Waals surface area contributed by atoms with Crippen molar-refractivity contribution in [1.82, 2.24) is 10.2 Å². The van der Waals surface area contributed by atoms with Crippen LogP contribution in [0.5, 0.6) is 0 Å². The number of hydrogen-bond donors (Lipinski definition) is 2. The first-order chi connectivity index (χ1) is 8.35. The van der Waals surface area contributed by atoms with Gasteiger partial charge in [0.05, 0.1) is 5.69 Å². The lowest BCUT2D eigenvalue weighted by atomic mass is 10.1. The summed E-state index contributed by atoms with van der Waals surface area (Å²) in [5.41, 5.74) is 0.468. The van der Waals surface area contributed by atoms with Crippen LogP contribution in [0.3, 0.4) is 0 Å². The highest BCUT2D eigenvalue weighted by Crippen LogP contribution is 2.24. The molecule has 1 aromatic carbocycles. The van der Waals surface area contributed by atoms with E-state index in [1.54, 1.807) is 6.07 Å². The van der Waals surface area contributed by atoms with E-state index in [0.29, 0.717) is 11.5 Å². The number of anilines is 1. The molecule has 3 nitrogen and oxygen atoms in total. The molecule has 5 heteroatoms. The summed E-state index contributed by atoms with van der Waals surface area (Å²) < 4.78 is 26.7. The van der Waals surface area contributed by atoms with Crippen LogP contribution in [-0.2, 0) is 0 Å². The molecule has 0 saturated carbocycles. The third kappa shape index (κ3) is 2.85. The van der Waals surface area contributed by atoms with Crippen molar-refractivity contribution in [2.24, 2.45) is 0 Å². The summed E-state index contributed by atoms with van der Waals surface area (Å²) in [4.78, 5) is 0. The summed E-state index contributed by atoms with van der Waals surface area (Å²) in [7, 11) is 0. The van der Waals surface area contributed by atoms with E-state index in [9.17, 15) is 8.78 Å². The minimum atomic E-state index is -0.484. The molecule has 0 aliphatic rings. The molecule has 0 fully saturated rings. The zero-order chi connectivity index (χ0) is 13.3. The third-order valence-electron chi connectivity index (χ3n) is 2.30. The van der Waals surface area contributed by atoms with E-state index >= 15 is 0 Å². The summed E-state index contributed by atoms with van der Waals surface area (Å²) in [6, 6.07) is 4.98. The standard InChI is InChI=1S/C13H15F2N3/c1-13(2,3)16-12-7-11(17-18-12)9-6-8(14)4-5-10(9)15/h4-7H,1-3H3,(H2,16,17,18). The SMILES string of the molecule is CC(C)(C)Nc1cc(-c2cc(F)ccc2F)[nH]n1. The molecule has 0 bridgehead atoms. The fraction of sp³-hybridized carbons (Fsp3) is 0.308. The van der Waals surface area contributed by atoms with Crippen LogP contribution in [0, 0.1) is 11.6 Å². The van der Waals surface area contributed by atoms with Crippen molar-refractivity contribution in [3.05, 3.63) is 35.9 Å². The normalized spacial score (nSPS) is 11.6. The van der Waals surface area contributed by atoms with E-state index in [0.717, 1.165) is 18.2 Å². The largest absolute Gasteiger partial charge is 0.364 e. The van der Waals surface area contributed by atoms with E-state index in [1.807, 2.05) is 20.8 Å². The van der Waals surface area contributed by atoms with Gasteiger partial charge in [0.2, 0.25) is 0 Å². The van der Waals surface area contributed by atoms with Crippen molar-refractivity contribution >= 4 is 5.82 Å². The molecule has 0 saturated heterocycles. The summed E-state index contributed by atoms with van der Waals surface area (Å²) in [5.74, 6) is -0.366. The molecule has 0 atom stereocenters. The molecule has 0 unspecified atom stereocenters. The highest BCUT2D eigenvalue weighted by molar-refractivity contribution is 5.63. The Labute approximate surface area is 104 Å². The van der Waals surface area contributed by atoms with E-state index in [-0.39, 0.29) is 11.1 Å². The Morgan fingerprint density at radius 1 is 1.17 bits per heavy atom. The molecule has 1 heterocycles. The Balaban J connectivity index is 2.32. The number of aromatic nitrogens is 2. The molecule has 0 radical (unpaired) electrons. The molecule has 0 spiro atoms. The summed E-state index contributed by atoms with van der Waals surface area (Å²) in [6.45, 7) is 5.97. The average Bonchev–Trinajstić information content (AvgIpc) is 2.67. The maximum atomic E-state index is 13.6. The zero-order valence-corrected chi connectivity index (χ0v) is 10.5. The van der Waals surface area contributed by atoms with Gasteiger partial charge in [-0.05, 0) is 39.0 Å². The fourth-order valence-electron chi connectivity index (χ4n) is 1.61. The van der Waals surface area contributed by atoms with Gasteiger partial charge in [-0.1, -0.05) is 0 Å². The van der Waals surface area contributed by atoms with Crippen molar-refractivity contribution < 1.29 is 8.78 Å². The lowest BCUT2D eigenvalue weighted by molar-refractivity contribution is 0.602.